The van der Waals surface area contributed by atoms with E-state index in [2.05, 4.69) is 0 Å². The van der Waals surface area contributed by atoms with Gasteiger partial charge in [-0.25, -0.2) is 8.42 Å². The molecule has 0 aliphatic carbocycles. The summed E-state index contributed by atoms with van der Waals surface area (Å²) in [5.41, 5.74) is 2.61. The lowest BCUT2D eigenvalue weighted by molar-refractivity contribution is -0.140. The minimum atomic E-state index is -3.40. The summed E-state index contributed by atoms with van der Waals surface area (Å²) in [5, 5.41) is 8.76. The zero-order chi connectivity index (χ0) is 13.9. The van der Waals surface area contributed by atoms with Crippen LogP contribution in [-0.4, -0.2) is 25.2 Å². The molecule has 0 radical (unpaired) electrons. The Labute approximate surface area is 108 Å². The highest BCUT2D eigenvalue weighted by molar-refractivity contribution is 7.90. The molecule has 1 aromatic carbocycles. The quantitative estimate of drug-likeness (QED) is 0.887. The minimum absolute atomic E-state index is 0.0941. The van der Waals surface area contributed by atoms with Crippen molar-refractivity contribution in [2.45, 2.75) is 26.5 Å². The molecule has 0 saturated carbocycles. The first-order chi connectivity index (χ1) is 8.23. The van der Waals surface area contributed by atoms with Gasteiger partial charge in [0.25, 0.3) is 0 Å². The predicted molar refractivity (Wildman–Crippen MR) is 70.2 cm³/mol. The normalized spacial score (nSPS) is 13.3. The topological polar surface area (TPSA) is 71.4 Å². The highest BCUT2D eigenvalue weighted by atomic mass is 32.2. The third-order valence-corrected chi connectivity index (χ3v) is 4.67. The monoisotopic (exact) mass is 270 g/mol. The van der Waals surface area contributed by atoms with Gasteiger partial charge in [-0.05, 0) is 30.5 Å². The fourth-order valence-corrected chi connectivity index (χ4v) is 3.73. The third-order valence-electron chi connectivity index (χ3n) is 2.93. The van der Waals surface area contributed by atoms with E-state index in [-0.39, 0.29) is 11.5 Å². The van der Waals surface area contributed by atoms with E-state index < -0.39 is 21.7 Å². The molecule has 1 aromatic rings. The maximum atomic E-state index is 12.0. The first kappa shape index (κ1) is 14.7. The van der Waals surface area contributed by atoms with E-state index in [1.54, 1.807) is 0 Å². The van der Waals surface area contributed by atoms with Gasteiger partial charge in [0.1, 0.15) is 0 Å². The summed E-state index contributed by atoms with van der Waals surface area (Å²) in [4.78, 5) is 10.7. The highest BCUT2D eigenvalue weighted by Gasteiger charge is 2.22. The molecule has 1 unspecified atom stereocenters. The third kappa shape index (κ3) is 3.84. The van der Waals surface area contributed by atoms with Crippen LogP contribution in [0.25, 0.3) is 0 Å². The van der Waals surface area contributed by atoms with Gasteiger partial charge in [0.15, 0.2) is 9.84 Å². The van der Waals surface area contributed by atoms with E-state index in [0.29, 0.717) is 0 Å². The summed E-state index contributed by atoms with van der Waals surface area (Å²) in [7, 11) is -3.40. The zero-order valence-corrected chi connectivity index (χ0v) is 11.6. The summed E-state index contributed by atoms with van der Waals surface area (Å²) in [5.74, 6) is -2.38. The zero-order valence-electron chi connectivity index (χ0n) is 10.8. The van der Waals surface area contributed by atoms with E-state index >= 15 is 0 Å². The van der Waals surface area contributed by atoms with Gasteiger partial charge in [0.05, 0.1) is 17.4 Å². The van der Waals surface area contributed by atoms with E-state index in [4.69, 9.17) is 5.11 Å². The van der Waals surface area contributed by atoms with E-state index in [0.717, 1.165) is 16.7 Å². The van der Waals surface area contributed by atoms with Crippen molar-refractivity contribution >= 4 is 15.8 Å². The Morgan fingerprint density at radius 3 is 2.22 bits per heavy atom. The van der Waals surface area contributed by atoms with Crippen molar-refractivity contribution in [2.24, 2.45) is 5.92 Å². The molecule has 1 N–H and O–H groups in total. The average molecular weight is 270 g/mol. The molecule has 5 heteroatoms. The van der Waals surface area contributed by atoms with Crippen LogP contribution in [0.2, 0.25) is 0 Å². The number of rotatable bonds is 5. The van der Waals surface area contributed by atoms with E-state index in [9.17, 15) is 13.2 Å². The van der Waals surface area contributed by atoms with Crippen LogP contribution in [0.1, 0.15) is 23.6 Å². The van der Waals surface area contributed by atoms with E-state index in [1.165, 1.54) is 6.92 Å². The first-order valence-corrected chi connectivity index (χ1v) is 7.53. The van der Waals surface area contributed by atoms with Gasteiger partial charge >= 0.3 is 5.97 Å². The second kappa shape index (κ2) is 5.52. The fourth-order valence-electron chi connectivity index (χ4n) is 1.81. The average Bonchev–Trinajstić information content (AvgIpc) is 2.23. The number of carboxylic acids is 1. The number of hydrogen-bond donors (Lipinski definition) is 1. The molecule has 1 atom stereocenters. The van der Waals surface area contributed by atoms with Crippen molar-refractivity contribution in [3.05, 3.63) is 34.9 Å². The van der Waals surface area contributed by atoms with Gasteiger partial charge in [-0.3, -0.25) is 4.79 Å². The Bertz CT molecular complexity index is 526. The molecule has 0 heterocycles. The summed E-state index contributed by atoms with van der Waals surface area (Å²) in [6.45, 7) is 5.13. The molecule has 4 nitrogen and oxygen atoms in total. The molecule has 0 bridgehead atoms. The number of aliphatic carboxylic acids is 1. The number of benzene rings is 1. The lowest BCUT2D eigenvalue weighted by Crippen LogP contribution is -2.22. The van der Waals surface area contributed by atoms with Crippen LogP contribution in [0, 0.1) is 19.8 Å². The predicted octanol–water partition coefficient (Wildman–Crippen LogP) is 1.94. The standard InChI is InChI=1S/C13H18O4S/c1-9-5-4-6-10(2)12(9)8-18(16,17)7-11(3)13(14)15/h4-6,11H,7-8H2,1-3H3,(H,14,15). The molecule has 0 fully saturated rings. The Hall–Kier alpha value is -1.36. The molecule has 1 rings (SSSR count). The molecule has 0 aliphatic heterocycles. The Morgan fingerprint density at radius 2 is 1.78 bits per heavy atom. The molecule has 18 heavy (non-hydrogen) atoms. The van der Waals surface area contributed by atoms with Crippen LogP contribution in [0.3, 0.4) is 0 Å². The summed E-state index contributed by atoms with van der Waals surface area (Å²) in [6, 6.07) is 5.59. The van der Waals surface area contributed by atoms with Gasteiger partial charge in [0, 0.05) is 0 Å². The molecule has 0 spiro atoms. The van der Waals surface area contributed by atoms with Crippen LogP contribution >= 0.6 is 0 Å². The summed E-state index contributed by atoms with van der Waals surface area (Å²) >= 11 is 0. The van der Waals surface area contributed by atoms with Crippen LogP contribution in [-0.2, 0) is 20.4 Å². The number of hydrogen-bond acceptors (Lipinski definition) is 3. The smallest absolute Gasteiger partial charge is 0.307 e. The molecule has 0 saturated heterocycles. The number of aryl methyl sites for hydroxylation is 2. The van der Waals surface area contributed by atoms with Crippen molar-refractivity contribution in [3.8, 4) is 0 Å². The lowest BCUT2D eigenvalue weighted by Gasteiger charge is -2.12. The number of sulfone groups is 1. The van der Waals surface area contributed by atoms with Crippen molar-refractivity contribution in [3.63, 3.8) is 0 Å². The van der Waals surface area contributed by atoms with Crippen LogP contribution in [0.4, 0.5) is 0 Å². The van der Waals surface area contributed by atoms with Crippen molar-refractivity contribution in [2.75, 3.05) is 5.75 Å². The van der Waals surface area contributed by atoms with E-state index in [1.807, 2.05) is 32.0 Å². The van der Waals surface area contributed by atoms with Crippen molar-refractivity contribution < 1.29 is 18.3 Å². The minimum Gasteiger partial charge on any atom is -0.481 e. The fraction of sp³-hybridized carbons (Fsp3) is 0.462. The molecular weight excluding hydrogens is 252 g/mol. The van der Waals surface area contributed by atoms with Gasteiger partial charge < -0.3 is 5.11 Å². The summed E-state index contributed by atoms with van der Waals surface area (Å²) < 4.78 is 23.9. The maximum Gasteiger partial charge on any atom is 0.307 e. The van der Waals surface area contributed by atoms with Crippen LogP contribution in [0.15, 0.2) is 18.2 Å². The largest absolute Gasteiger partial charge is 0.481 e. The highest BCUT2D eigenvalue weighted by Crippen LogP contribution is 2.18. The number of carboxylic acid groups (broad SMARTS) is 1. The Kier molecular flexibility index (Phi) is 4.51. The van der Waals surface area contributed by atoms with Gasteiger partial charge in [0.2, 0.25) is 0 Å². The number of carbonyl (C=O) groups is 1. The molecule has 0 aliphatic rings. The van der Waals surface area contributed by atoms with Gasteiger partial charge in [-0.1, -0.05) is 25.1 Å². The van der Waals surface area contributed by atoms with Crippen molar-refractivity contribution in [1.29, 1.82) is 0 Å². The van der Waals surface area contributed by atoms with Crippen LogP contribution in [0.5, 0.6) is 0 Å². The molecule has 100 valence electrons. The molecule has 0 aromatic heterocycles. The SMILES string of the molecule is Cc1cccc(C)c1CS(=O)(=O)CC(C)C(=O)O. The Balaban J connectivity index is 2.93. The first-order valence-electron chi connectivity index (χ1n) is 5.71. The molecular formula is C13H18O4S. The molecule has 0 amide bonds. The second-order valence-electron chi connectivity index (χ2n) is 4.66. The summed E-state index contributed by atoms with van der Waals surface area (Å²) in [6.07, 6.45) is 0. The second-order valence-corrected chi connectivity index (χ2v) is 6.77. The Morgan fingerprint density at radius 1 is 1.28 bits per heavy atom. The van der Waals surface area contributed by atoms with Gasteiger partial charge in [-0.2, -0.15) is 0 Å². The van der Waals surface area contributed by atoms with Crippen molar-refractivity contribution in [1.82, 2.24) is 0 Å². The van der Waals surface area contributed by atoms with Gasteiger partial charge in [-0.15, -0.1) is 0 Å². The lowest BCUT2D eigenvalue weighted by atomic mass is 10.1. The maximum absolute atomic E-state index is 12.0. The van der Waals surface area contributed by atoms with Crippen LogP contribution < -0.4 is 0 Å².